The Bertz CT molecular complexity index is 1340. The highest BCUT2D eigenvalue weighted by molar-refractivity contribution is 5.84. The molecule has 30 heavy (non-hydrogen) atoms. The van der Waals surface area contributed by atoms with E-state index < -0.39 is 0 Å². The van der Waals surface area contributed by atoms with Gasteiger partial charge in [-0.05, 0) is 43.7 Å². The van der Waals surface area contributed by atoms with Gasteiger partial charge in [0, 0.05) is 30.1 Å². The summed E-state index contributed by atoms with van der Waals surface area (Å²) in [5.74, 6) is 0.909. The van der Waals surface area contributed by atoms with Crippen molar-refractivity contribution in [3.63, 3.8) is 0 Å². The minimum Gasteiger partial charge on any atom is -0.340 e. The van der Waals surface area contributed by atoms with Crippen molar-refractivity contribution < 1.29 is 0 Å². The maximum Gasteiger partial charge on any atom is 0.111 e. The Morgan fingerprint density at radius 1 is 0.800 bits per heavy atom. The fourth-order valence-corrected chi connectivity index (χ4v) is 3.59. The second-order valence-corrected chi connectivity index (χ2v) is 7.49. The SMILES string of the molecule is Cc1ccc(Cc2nc(-c3ccc4nccnc4c3)c(-c3cccc(C)n3)[nH]2)cc1. The Labute approximate surface area is 174 Å². The van der Waals surface area contributed by atoms with Crippen LogP contribution in [0.25, 0.3) is 33.7 Å². The number of aromatic nitrogens is 5. The maximum absolute atomic E-state index is 4.97. The van der Waals surface area contributed by atoms with Crippen LogP contribution in [0.1, 0.15) is 22.6 Å². The molecule has 0 fully saturated rings. The van der Waals surface area contributed by atoms with Gasteiger partial charge >= 0.3 is 0 Å². The van der Waals surface area contributed by atoms with Crippen LogP contribution in [0, 0.1) is 13.8 Å². The van der Waals surface area contributed by atoms with E-state index in [2.05, 4.69) is 46.1 Å². The van der Waals surface area contributed by atoms with E-state index >= 15 is 0 Å². The third-order valence-corrected chi connectivity index (χ3v) is 5.13. The average Bonchev–Trinajstić information content (AvgIpc) is 3.19. The number of aromatic amines is 1. The van der Waals surface area contributed by atoms with Crippen molar-refractivity contribution in [1.82, 2.24) is 24.9 Å². The first-order valence-corrected chi connectivity index (χ1v) is 9.95. The molecule has 0 aliphatic heterocycles. The van der Waals surface area contributed by atoms with Gasteiger partial charge in [-0.15, -0.1) is 0 Å². The normalized spacial score (nSPS) is 11.1. The Hall–Kier alpha value is -3.86. The van der Waals surface area contributed by atoms with Crippen molar-refractivity contribution in [2.24, 2.45) is 0 Å². The fourth-order valence-electron chi connectivity index (χ4n) is 3.59. The van der Waals surface area contributed by atoms with Gasteiger partial charge in [-0.2, -0.15) is 0 Å². The molecule has 0 saturated heterocycles. The lowest BCUT2D eigenvalue weighted by molar-refractivity contribution is 1.02. The Kier molecular flexibility index (Phi) is 4.56. The molecule has 0 amide bonds. The van der Waals surface area contributed by atoms with Crippen LogP contribution >= 0.6 is 0 Å². The van der Waals surface area contributed by atoms with Gasteiger partial charge in [-0.3, -0.25) is 15.0 Å². The largest absolute Gasteiger partial charge is 0.340 e. The minimum atomic E-state index is 0.729. The molecule has 5 heteroatoms. The molecule has 0 aliphatic rings. The highest BCUT2D eigenvalue weighted by Gasteiger charge is 2.16. The van der Waals surface area contributed by atoms with Gasteiger partial charge in [0.2, 0.25) is 0 Å². The first kappa shape index (κ1) is 18.2. The number of nitrogens with one attached hydrogen (secondary N) is 1. The molecular formula is C25H21N5. The van der Waals surface area contributed by atoms with E-state index in [1.54, 1.807) is 12.4 Å². The number of benzene rings is 2. The first-order valence-electron chi connectivity index (χ1n) is 9.95. The summed E-state index contributed by atoms with van der Waals surface area (Å²) in [6.45, 7) is 4.09. The van der Waals surface area contributed by atoms with E-state index in [9.17, 15) is 0 Å². The third kappa shape index (κ3) is 3.57. The standard InChI is InChI=1S/C25H21N5/c1-16-6-8-18(9-7-16)14-23-29-24(25(30-23)21-5-3-4-17(2)28-21)19-10-11-20-22(15-19)27-13-12-26-20/h3-13,15H,14H2,1-2H3,(H,29,30). The van der Waals surface area contributed by atoms with Crippen LogP contribution in [-0.4, -0.2) is 24.9 Å². The molecule has 146 valence electrons. The first-order chi connectivity index (χ1) is 14.7. The summed E-state index contributed by atoms with van der Waals surface area (Å²) in [6.07, 6.45) is 4.15. The molecule has 0 spiro atoms. The van der Waals surface area contributed by atoms with Gasteiger partial charge in [0.05, 0.1) is 28.1 Å². The second kappa shape index (κ2) is 7.52. The molecule has 0 bridgehead atoms. The van der Waals surface area contributed by atoms with Gasteiger partial charge in [-0.1, -0.05) is 42.0 Å². The summed E-state index contributed by atoms with van der Waals surface area (Å²) >= 11 is 0. The number of H-pyrrole nitrogens is 1. The van der Waals surface area contributed by atoms with Gasteiger partial charge < -0.3 is 4.98 Å². The number of imidazole rings is 1. The van der Waals surface area contributed by atoms with E-state index in [1.165, 1.54) is 11.1 Å². The number of aryl methyl sites for hydroxylation is 2. The predicted molar refractivity (Wildman–Crippen MR) is 119 cm³/mol. The minimum absolute atomic E-state index is 0.729. The highest BCUT2D eigenvalue weighted by Crippen LogP contribution is 2.31. The lowest BCUT2D eigenvalue weighted by Gasteiger charge is -2.04. The van der Waals surface area contributed by atoms with Gasteiger partial charge in [0.1, 0.15) is 5.82 Å². The molecule has 5 aromatic rings. The lowest BCUT2D eigenvalue weighted by atomic mass is 10.1. The average molecular weight is 391 g/mol. The molecule has 5 rings (SSSR count). The molecule has 2 aromatic carbocycles. The van der Waals surface area contributed by atoms with Crippen LogP contribution in [-0.2, 0) is 6.42 Å². The topological polar surface area (TPSA) is 67.3 Å². The molecule has 0 aliphatic carbocycles. The van der Waals surface area contributed by atoms with Crippen LogP contribution in [0.3, 0.4) is 0 Å². The van der Waals surface area contributed by atoms with Crippen molar-refractivity contribution in [1.29, 1.82) is 0 Å². The molecule has 3 aromatic heterocycles. The monoisotopic (exact) mass is 391 g/mol. The number of fused-ring (bicyclic) bond motifs is 1. The number of pyridine rings is 1. The quantitative estimate of drug-likeness (QED) is 0.452. The van der Waals surface area contributed by atoms with Crippen LogP contribution in [0.2, 0.25) is 0 Å². The van der Waals surface area contributed by atoms with E-state index in [-0.39, 0.29) is 0 Å². The summed E-state index contributed by atoms with van der Waals surface area (Å²) in [6, 6.07) is 20.7. The number of hydrogen-bond donors (Lipinski definition) is 1. The van der Waals surface area contributed by atoms with Crippen LogP contribution in [0.15, 0.2) is 73.1 Å². The zero-order valence-corrected chi connectivity index (χ0v) is 16.9. The summed E-state index contributed by atoms with van der Waals surface area (Å²) in [7, 11) is 0. The predicted octanol–water partition coefficient (Wildman–Crippen LogP) is 5.29. The maximum atomic E-state index is 4.97. The van der Waals surface area contributed by atoms with Crippen molar-refractivity contribution >= 4 is 11.0 Å². The van der Waals surface area contributed by atoms with E-state index in [4.69, 9.17) is 9.97 Å². The van der Waals surface area contributed by atoms with Crippen molar-refractivity contribution in [2.75, 3.05) is 0 Å². The van der Waals surface area contributed by atoms with Gasteiger partial charge in [0.15, 0.2) is 0 Å². The molecule has 1 N–H and O–H groups in total. The summed E-state index contributed by atoms with van der Waals surface area (Å²) in [5.41, 5.74) is 8.83. The van der Waals surface area contributed by atoms with E-state index in [0.717, 1.165) is 51.6 Å². The molecule has 0 radical (unpaired) electrons. The Morgan fingerprint density at radius 3 is 2.40 bits per heavy atom. The molecule has 5 nitrogen and oxygen atoms in total. The van der Waals surface area contributed by atoms with E-state index in [1.807, 2.05) is 43.3 Å². The Morgan fingerprint density at radius 2 is 1.60 bits per heavy atom. The number of hydrogen-bond acceptors (Lipinski definition) is 4. The summed E-state index contributed by atoms with van der Waals surface area (Å²) < 4.78 is 0. The fraction of sp³-hybridized carbons (Fsp3) is 0.120. The summed E-state index contributed by atoms with van der Waals surface area (Å²) in [5, 5.41) is 0. The van der Waals surface area contributed by atoms with Gasteiger partial charge in [0.25, 0.3) is 0 Å². The molecule has 0 atom stereocenters. The van der Waals surface area contributed by atoms with Crippen molar-refractivity contribution in [3.8, 4) is 22.6 Å². The third-order valence-electron chi connectivity index (χ3n) is 5.13. The smallest absolute Gasteiger partial charge is 0.111 e. The van der Waals surface area contributed by atoms with Gasteiger partial charge in [-0.25, -0.2) is 4.98 Å². The number of rotatable bonds is 4. The molecule has 3 heterocycles. The van der Waals surface area contributed by atoms with Crippen LogP contribution < -0.4 is 0 Å². The van der Waals surface area contributed by atoms with Crippen LogP contribution in [0.5, 0.6) is 0 Å². The van der Waals surface area contributed by atoms with E-state index in [0.29, 0.717) is 0 Å². The highest BCUT2D eigenvalue weighted by atomic mass is 15.0. The number of nitrogens with zero attached hydrogens (tertiary/aromatic N) is 4. The molecular weight excluding hydrogens is 370 g/mol. The van der Waals surface area contributed by atoms with Crippen molar-refractivity contribution in [3.05, 3.63) is 95.7 Å². The lowest BCUT2D eigenvalue weighted by Crippen LogP contribution is -1.91. The zero-order valence-electron chi connectivity index (χ0n) is 16.9. The summed E-state index contributed by atoms with van der Waals surface area (Å²) in [4.78, 5) is 22.0. The molecule has 0 saturated carbocycles. The Balaban J connectivity index is 1.63. The van der Waals surface area contributed by atoms with Crippen molar-refractivity contribution in [2.45, 2.75) is 20.3 Å². The zero-order chi connectivity index (χ0) is 20.5. The van der Waals surface area contributed by atoms with Crippen LogP contribution in [0.4, 0.5) is 0 Å². The second-order valence-electron chi connectivity index (χ2n) is 7.49. The molecule has 0 unspecified atom stereocenters.